The highest BCUT2D eigenvalue weighted by atomic mass is 16.4. The molecule has 0 aliphatic heterocycles. The summed E-state index contributed by atoms with van der Waals surface area (Å²) in [5.74, 6) is -1.15. The van der Waals surface area contributed by atoms with Crippen LogP contribution in [-0.2, 0) is 9.59 Å². The quantitative estimate of drug-likeness (QED) is 0.335. The number of rotatable bonds is 15. The van der Waals surface area contributed by atoms with E-state index in [9.17, 15) is 9.59 Å². The van der Waals surface area contributed by atoms with Gasteiger partial charge in [0.1, 0.15) is 6.04 Å². The van der Waals surface area contributed by atoms with Crippen LogP contribution in [0.5, 0.6) is 0 Å². The summed E-state index contributed by atoms with van der Waals surface area (Å²) in [6, 6.07) is -0.795. The predicted molar refractivity (Wildman–Crippen MR) is 95.5 cm³/mol. The van der Waals surface area contributed by atoms with Gasteiger partial charge in [-0.1, -0.05) is 57.6 Å². The molecular weight excluding hydrogens is 290 g/mol. The number of carbonyl (C=O) groups is 2. The first-order valence-electron chi connectivity index (χ1n) is 9.25. The van der Waals surface area contributed by atoms with Gasteiger partial charge >= 0.3 is 5.97 Å². The Morgan fingerprint density at radius 1 is 0.913 bits per heavy atom. The van der Waals surface area contributed by atoms with Crippen molar-refractivity contribution in [3.63, 3.8) is 0 Å². The van der Waals surface area contributed by atoms with Crippen LogP contribution in [0.1, 0.15) is 90.9 Å². The highest BCUT2D eigenvalue weighted by Crippen LogP contribution is 2.09. The van der Waals surface area contributed by atoms with E-state index in [-0.39, 0.29) is 5.91 Å². The van der Waals surface area contributed by atoms with Crippen LogP contribution >= 0.6 is 0 Å². The molecule has 0 aromatic carbocycles. The standard InChI is InChI=1S/C19H35NO3/c1-3-4-5-6-7-8-9-10-11-12-13-14-15-16-18(21)20-17(2)19(22)23/h8-9,17H,3-7,10-16H2,1-2H3,(H,20,21)(H,22,23)/b9-8-/t17-/m0/s1. The van der Waals surface area contributed by atoms with Crippen LogP contribution < -0.4 is 5.32 Å². The van der Waals surface area contributed by atoms with Crippen molar-refractivity contribution in [2.24, 2.45) is 0 Å². The van der Waals surface area contributed by atoms with Crippen LogP contribution in [-0.4, -0.2) is 23.0 Å². The third kappa shape index (κ3) is 15.4. The summed E-state index contributed by atoms with van der Waals surface area (Å²) in [7, 11) is 0. The molecule has 4 nitrogen and oxygen atoms in total. The van der Waals surface area contributed by atoms with Crippen molar-refractivity contribution in [3.8, 4) is 0 Å². The molecule has 0 fully saturated rings. The molecule has 0 unspecified atom stereocenters. The molecule has 0 radical (unpaired) electrons. The van der Waals surface area contributed by atoms with Crippen molar-refractivity contribution in [2.45, 2.75) is 96.9 Å². The van der Waals surface area contributed by atoms with Crippen LogP contribution in [0.3, 0.4) is 0 Å². The molecule has 0 heterocycles. The lowest BCUT2D eigenvalue weighted by Crippen LogP contribution is -2.38. The first kappa shape index (κ1) is 21.7. The van der Waals surface area contributed by atoms with Crippen LogP contribution in [0, 0.1) is 0 Å². The normalized spacial score (nSPS) is 12.4. The number of hydrogen-bond acceptors (Lipinski definition) is 2. The van der Waals surface area contributed by atoms with Crippen molar-refractivity contribution < 1.29 is 14.7 Å². The third-order valence-electron chi connectivity index (χ3n) is 3.91. The van der Waals surface area contributed by atoms with Crippen LogP contribution in [0.15, 0.2) is 12.2 Å². The Balaban J connectivity index is 3.31. The number of unbranched alkanes of at least 4 members (excludes halogenated alkanes) is 9. The monoisotopic (exact) mass is 325 g/mol. The SMILES string of the molecule is CCCCCC/C=C\CCCCCCCC(=O)N[C@@H](C)C(=O)O. The van der Waals surface area contributed by atoms with Gasteiger partial charge in [-0.2, -0.15) is 0 Å². The largest absolute Gasteiger partial charge is 0.480 e. The number of nitrogens with one attached hydrogen (secondary N) is 1. The summed E-state index contributed by atoms with van der Waals surface area (Å²) < 4.78 is 0. The van der Waals surface area contributed by atoms with Gasteiger partial charge in [0.25, 0.3) is 0 Å². The number of amides is 1. The zero-order chi connectivity index (χ0) is 17.3. The molecule has 0 aliphatic rings. The van der Waals surface area contributed by atoms with Gasteiger partial charge in [-0.25, -0.2) is 0 Å². The Morgan fingerprint density at radius 2 is 1.43 bits per heavy atom. The number of aliphatic carboxylic acids is 1. The smallest absolute Gasteiger partial charge is 0.325 e. The second-order valence-electron chi connectivity index (χ2n) is 6.25. The number of allylic oxidation sites excluding steroid dienone is 2. The van der Waals surface area contributed by atoms with Gasteiger partial charge in [0.15, 0.2) is 0 Å². The van der Waals surface area contributed by atoms with Gasteiger partial charge in [0, 0.05) is 6.42 Å². The maximum atomic E-state index is 11.5. The summed E-state index contributed by atoms with van der Waals surface area (Å²) >= 11 is 0. The molecule has 0 aliphatic carbocycles. The molecule has 1 amide bonds. The maximum absolute atomic E-state index is 11.5. The zero-order valence-electron chi connectivity index (χ0n) is 15.0. The number of carboxylic acids is 1. The van der Waals surface area contributed by atoms with Gasteiger partial charge in [0.05, 0.1) is 0 Å². The van der Waals surface area contributed by atoms with Crippen molar-refractivity contribution in [1.82, 2.24) is 5.32 Å². The van der Waals surface area contributed by atoms with E-state index in [1.54, 1.807) is 0 Å². The second-order valence-corrected chi connectivity index (χ2v) is 6.25. The third-order valence-corrected chi connectivity index (χ3v) is 3.91. The van der Waals surface area contributed by atoms with Crippen molar-refractivity contribution in [3.05, 3.63) is 12.2 Å². The maximum Gasteiger partial charge on any atom is 0.325 e. The van der Waals surface area contributed by atoms with Crippen molar-refractivity contribution in [2.75, 3.05) is 0 Å². The lowest BCUT2D eigenvalue weighted by atomic mass is 10.1. The molecule has 23 heavy (non-hydrogen) atoms. The van der Waals surface area contributed by atoms with Crippen LogP contribution in [0.2, 0.25) is 0 Å². The molecule has 0 saturated heterocycles. The lowest BCUT2D eigenvalue weighted by molar-refractivity contribution is -0.141. The molecule has 1 atom stereocenters. The minimum Gasteiger partial charge on any atom is -0.480 e. The van der Waals surface area contributed by atoms with Crippen molar-refractivity contribution in [1.29, 1.82) is 0 Å². The Morgan fingerprint density at radius 3 is 2.00 bits per heavy atom. The first-order valence-corrected chi connectivity index (χ1v) is 9.25. The van der Waals surface area contributed by atoms with E-state index >= 15 is 0 Å². The van der Waals surface area contributed by atoms with Gasteiger partial charge in [0.2, 0.25) is 5.91 Å². The second kappa shape index (κ2) is 15.6. The summed E-state index contributed by atoms with van der Waals surface area (Å²) in [5, 5.41) is 11.2. The summed E-state index contributed by atoms with van der Waals surface area (Å²) in [6.45, 7) is 3.72. The Kier molecular flexibility index (Phi) is 14.7. The van der Waals surface area contributed by atoms with E-state index in [4.69, 9.17) is 5.11 Å². The number of carbonyl (C=O) groups excluding carboxylic acids is 1. The number of carboxylic acid groups (broad SMARTS) is 1. The molecule has 134 valence electrons. The molecule has 0 bridgehead atoms. The highest BCUT2D eigenvalue weighted by Gasteiger charge is 2.12. The summed E-state index contributed by atoms with van der Waals surface area (Å²) in [5.41, 5.74) is 0. The zero-order valence-corrected chi connectivity index (χ0v) is 15.0. The average molecular weight is 325 g/mol. The minimum absolute atomic E-state index is 0.161. The molecule has 0 aromatic heterocycles. The van der Waals surface area contributed by atoms with Gasteiger partial charge in [-0.05, 0) is 39.0 Å². The summed E-state index contributed by atoms with van der Waals surface area (Å²) in [4.78, 5) is 22.1. The molecule has 2 N–H and O–H groups in total. The molecule has 0 rings (SSSR count). The molecule has 0 aromatic rings. The van der Waals surface area contributed by atoms with Gasteiger partial charge < -0.3 is 10.4 Å². The average Bonchev–Trinajstić information content (AvgIpc) is 2.51. The van der Waals surface area contributed by atoms with E-state index in [2.05, 4.69) is 24.4 Å². The molecular formula is C19H35NO3. The Labute approximate surface area is 141 Å². The fourth-order valence-corrected chi connectivity index (χ4v) is 2.38. The minimum atomic E-state index is -0.989. The highest BCUT2D eigenvalue weighted by molar-refractivity contribution is 5.83. The van der Waals surface area contributed by atoms with E-state index in [0.717, 1.165) is 25.7 Å². The fourth-order valence-electron chi connectivity index (χ4n) is 2.38. The van der Waals surface area contributed by atoms with Crippen LogP contribution in [0.4, 0.5) is 0 Å². The van der Waals surface area contributed by atoms with Crippen LogP contribution in [0.25, 0.3) is 0 Å². The van der Waals surface area contributed by atoms with E-state index in [1.807, 2.05) is 0 Å². The molecule has 0 spiro atoms. The topological polar surface area (TPSA) is 66.4 Å². The lowest BCUT2D eigenvalue weighted by Gasteiger charge is -2.08. The Hall–Kier alpha value is -1.32. The van der Waals surface area contributed by atoms with Gasteiger partial charge in [-0.15, -0.1) is 0 Å². The van der Waals surface area contributed by atoms with E-state index < -0.39 is 12.0 Å². The fraction of sp³-hybridized carbons (Fsp3) is 0.789. The first-order chi connectivity index (χ1) is 11.1. The Bertz CT molecular complexity index is 340. The predicted octanol–water partition coefficient (Wildman–Crippen LogP) is 4.83. The molecule has 0 saturated carbocycles. The summed E-state index contributed by atoms with van der Waals surface area (Å²) in [6.07, 6.45) is 18.1. The van der Waals surface area contributed by atoms with E-state index in [0.29, 0.717) is 6.42 Å². The number of hydrogen-bond donors (Lipinski definition) is 2. The molecule has 4 heteroatoms. The van der Waals surface area contributed by atoms with E-state index in [1.165, 1.54) is 51.9 Å². The van der Waals surface area contributed by atoms with Gasteiger partial charge in [-0.3, -0.25) is 9.59 Å². The van der Waals surface area contributed by atoms with Crippen molar-refractivity contribution >= 4 is 11.9 Å².